The van der Waals surface area contributed by atoms with E-state index in [2.05, 4.69) is 32.8 Å². The summed E-state index contributed by atoms with van der Waals surface area (Å²) in [6.07, 6.45) is 0.451. The maximum Gasteiger partial charge on any atom is 0.240 e. The summed E-state index contributed by atoms with van der Waals surface area (Å²) in [4.78, 5) is 44.5. The Morgan fingerprint density at radius 3 is 2.37 bits per heavy atom. The lowest BCUT2D eigenvalue weighted by atomic mass is 10.2. The molecule has 0 aliphatic carbocycles. The molecule has 2 aromatic carbocycles. The van der Waals surface area contributed by atoms with Crippen molar-refractivity contribution in [3.63, 3.8) is 0 Å². The average molecular weight is 586 g/mol. The van der Waals surface area contributed by atoms with Gasteiger partial charge in [0.15, 0.2) is 0 Å². The van der Waals surface area contributed by atoms with Gasteiger partial charge in [-0.1, -0.05) is 12.1 Å². The second-order valence-corrected chi connectivity index (χ2v) is 11.7. The summed E-state index contributed by atoms with van der Waals surface area (Å²) in [6, 6.07) is 12.4. The van der Waals surface area contributed by atoms with E-state index in [-0.39, 0.29) is 30.1 Å². The van der Waals surface area contributed by atoms with Gasteiger partial charge in [0.1, 0.15) is 22.5 Å². The Hall–Kier alpha value is -3.19. The number of carbonyl (C=O) groups excluding carboxylic acids is 3. The minimum Gasteiger partial charge on any atom is -0.383 e. The summed E-state index contributed by atoms with van der Waals surface area (Å²) in [5.41, 5.74) is 8.59. The van der Waals surface area contributed by atoms with Gasteiger partial charge in [-0.2, -0.15) is 0 Å². The average Bonchev–Trinajstić information content (AvgIpc) is 3.30. The highest BCUT2D eigenvalue weighted by Crippen LogP contribution is 2.33. The number of likely N-dealkylation sites (N-methyl/N-ethyl adjacent to an activating group) is 2. The zero-order valence-corrected chi connectivity index (χ0v) is 24.5. The number of piperazine rings is 1. The smallest absolute Gasteiger partial charge is 0.240 e. The molecule has 2 aromatic rings. The molecule has 0 spiro atoms. The number of hydrogen-bond donors (Lipinski definition) is 4. The van der Waals surface area contributed by atoms with Gasteiger partial charge in [-0.15, -0.1) is 11.8 Å². The molecule has 41 heavy (non-hydrogen) atoms. The first kappa shape index (κ1) is 30.8. The molecule has 12 heteroatoms. The number of carbonyl (C=O) groups is 3. The van der Waals surface area contributed by atoms with E-state index in [1.165, 1.54) is 23.9 Å². The van der Waals surface area contributed by atoms with Crippen LogP contribution in [0.2, 0.25) is 0 Å². The Morgan fingerprint density at radius 1 is 1.05 bits per heavy atom. The number of amides is 3. The fourth-order valence-electron chi connectivity index (χ4n) is 4.84. The van der Waals surface area contributed by atoms with Gasteiger partial charge in [-0.25, -0.2) is 4.39 Å². The predicted octanol–water partition coefficient (Wildman–Crippen LogP) is 1.75. The third kappa shape index (κ3) is 8.65. The standard InChI is InChI=1S/C29H40FN7O3S/c1-3-37-28(40)24(41-29(37)26(31)27(39)33-18-20-4-6-21(30)7-5-20)19-32-22-8-10-23(11-9-22)34-25(38)12-13-36-16-14-35(2)15-17-36/h4-11,24,26,29,32H,3,12-19,31H2,1-2H3,(H,33,39)(H,34,38)/t24-,26-,29?/m1/s1. The third-order valence-electron chi connectivity index (χ3n) is 7.41. The first-order chi connectivity index (χ1) is 19.7. The lowest BCUT2D eigenvalue weighted by molar-refractivity contribution is -0.131. The second kappa shape index (κ2) is 14.6. The molecule has 0 saturated carbocycles. The van der Waals surface area contributed by atoms with Crippen molar-refractivity contribution >= 4 is 40.9 Å². The van der Waals surface area contributed by atoms with E-state index in [0.29, 0.717) is 19.5 Å². The molecule has 0 radical (unpaired) electrons. The Kier molecular flexibility index (Phi) is 11.0. The highest BCUT2D eigenvalue weighted by molar-refractivity contribution is 8.01. The summed E-state index contributed by atoms with van der Waals surface area (Å²) in [7, 11) is 2.11. The number of nitrogens with two attached hydrogens (primary N) is 1. The lowest BCUT2D eigenvalue weighted by Crippen LogP contribution is -2.52. The molecule has 2 heterocycles. The number of anilines is 2. The van der Waals surface area contributed by atoms with Crippen LogP contribution in [-0.4, -0.2) is 102 Å². The first-order valence-corrected chi connectivity index (χ1v) is 15.0. The summed E-state index contributed by atoms with van der Waals surface area (Å²) in [5.74, 6) is -0.791. The van der Waals surface area contributed by atoms with Crippen LogP contribution in [0.1, 0.15) is 18.9 Å². The molecule has 3 atom stereocenters. The van der Waals surface area contributed by atoms with Crippen LogP contribution < -0.4 is 21.7 Å². The van der Waals surface area contributed by atoms with Crippen molar-refractivity contribution in [1.29, 1.82) is 0 Å². The molecule has 2 saturated heterocycles. The fraction of sp³-hybridized carbons (Fsp3) is 0.483. The summed E-state index contributed by atoms with van der Waals surface area (Å²) in [5, 5.41) is 8.14. The van der Waals surface area contributed by atoms with Gasteiger partial charge in [0.2, 0.25) is 17.7 Å². The van der Waals surface area contributed by atoms with Gasteiger partial charge in [0.25, 0.3) is 0 Å². The van der Waals surface area contributed by atoms with Crippen LogP contribution in [0.4, 0.5) is 15.8 Å². The summed E-state index contributed by atoms with van der Waals surface area (Å²) >= 11 is 1.37. The molecule has 0 bridgehead atoms. The van der Waals surface area contributed by atoms with Gasteiger partial charge < -0.3 is 36.4 Å². The van der Waals surface area contributed by atoms with Crippen LogP contribution in [-0.2, 0) is 20.9 Å². The highest BCUT2D eigenvalue weighted by Gasteiger charge is 2.44. The van der Waals surface area contributed by atoms with E-state index in [4.69, 9.17) is 5.73 Å². The Morgan fingerprint density at radius 2 is 1.71 bits per heavy atom. The van der Waals surface area contributed by atoms with E-state index in [9.17, 15) is 18.8 Å². The van der Waals surface area contributed by atoms with Gasteiger partial charge in [0.05, 0.1) is 0 Å². The number of rotatable bonds is 12. The van der Waals surface area contributed by atoms with Gasteiger partial charge in [-0.05, 0) is 55.9 Å². The van der Waals surface area contributed by atoms with E-state index in [1.54, 1.807) is 17.0 Å². The number of thioether (sulfide) groups is 1. The van der Waals surface area contributed by atoms with Gasteiger partial charge >= 0.3 is 0 Å². The Bertz CT molecular complexity index is 1180. The molecule has 0 aromatic heterocycles. The van der Waals surface area contributed by atoms with Crippen LogP contribution in [0.25, 0.3) is 0 Å². The highest BCUT2D eigenvalue weighted by atomic mass is 32.2. The van der Waals surface area contributed by atoms with Gasteiger partial charge in [0, 0.05) is 70.2 Å². The Balaban J connectivity index is 1.22. The molecule has 10 nitrogen and oxygen atoms in total. The monoisotopic (exact) mass is 585 g/mol. The van der Waals surface area contributed by atoms with E-state index < -0.39 is 16.7 Å². The number of benzene rings is 2. The molecular formula is C29H40FN7O3S. The lowest BCUT2D eigenvalue weighted by Gasteiger charge is -2.32. The van der Waals surface area contributed by atoms with Crippen LogP contribution in [0, 0.1) is 5.82 Å². The second-order valence-electron chi connectivity index (χ2n) is 10.4. The molecule has 2 fully saturated rings. The van der Waals surface area contributed by atoms with Crippen molar-refractivity contribution < 1.29 is 18.8 Å². The zero-order valence-electron chi connectivity index (χ0n) is 23.6. The SMILES string of the molecule is CCN1C(=O)[C@@H](CNc2ccc(NC(=O)CCN3CCN(C)CC3)cc2)SC1[C@H](N)C(=O)NCc1ccc(F)cc1. The third-order valence-corrected chi connectivity index (χ3v) is 8.93. The molecule has 2 aliphatic heterocycles. The molecular weight excluding hydrogens is 545 g/mol. The minimum atomic E-state index is -0.909. The van der Waals surface area contributed by atoms with Crippen molar-refractivity contribution in [2.45, 2.75) is 36.6 Å². The van der Waals surface area contributed by atoms with Crippen molar-refractivity contribution in [3.05, 3.63) is 59.9 Å². The van der Waals surface area contributed by atoms with Crippen molar-refractivity contribution in [2.75, 3.05) is 63.5 Å². The maximum absolute atomic E-state index is 13.1. The van der Waals surface area contributed by atoms with Crippen molar-refractivity contribution in [1.82, 2.24) is 20.0 Å². The predicted molar refractivity (Wildman–Crippen MR) is 161 cm³/mol. The molecule has 4 rings (SSSR count). The minimum absolute atomic E-state index is 0.0127. The van der Waals surface area contributed by atoms with E-state index in [1.807, 2.05) is 31.2 Å². The number of nitrogens with one attached hydrogen (secondary N) is 3. The van der Waals surface area contributed by atoms with Crippen molar-refractivity contribution in [2.24, 2.45) is 5.73 Å². The zero-order chi connectivity index (χ0) is 29.4. The molecule has 2 aliphatic rings. The van der Waals surface area contributed by atoms with Crippen molar-refractivity contribution in [3.8, 4) is 0 Å². The first-order valence-electron chi connectivity index (χ1n) is 14.0. The quantitative estimate of drug-likeness (QED) is 0.297. The number of nitrogens with zero attached hydrogens (tertiary/aromatic N) is 3. The van der Waals surface area contributed by atoms with Crippen LogP contribution in [0.15, 0.2) is 48.5 Å². The van der Waals surface area contributed by atoms with Crippen LogP contribution in [0.5, 0.6) is 0 Å². The van der Waals surface area contributed by atoms with Crippen LogP contribution >= 0.6 is 11.8 Å². The number of hydrogen-bond acceptors (Lipinski definition) is 8. The van der Waals surface area contributed by atoms with E-state index >= 15 is 0 Å². The maximum atomic E-state index is 13.1. The molecule has 5 N–H and O–H groups in total. The van der Waals surface area contributed by atoms with Gasteiger partial charge in [-0.3, -0.25) is 14.4 Å². The van der Waals surface area contributed by atoms with Crippen LogP contribution in [0.3, 0.4) is 0 Å². The molecule has 222 valence electrons. The molecule has 1 unspecified atom stereocenters. The normalized spacial score (nSPS) is 20.6. The Labute approximate surface area is 245 Å². The van der Waals surface area contributed by atoms with E-state index in [0.717, 1.165) is 49.7 Å². The summed E-state index contributed by atoms with van der Waals surface area (Å²) in [6.45, 7) is 7.68. The fourth-order valence-corrected chi connectivity index (χ4v) is 6.30. The number of halogens is 1. The summed E-state index contributed by atoms with van der Waals surface area (Å²) < 4.78 is 13.1. The molecule has 3 amide bonds. The topological polar surface area (TPSA) is 123 Å². The largest absolute Gasteiger partial charge is 0.383 e.